The van der Waals surface area contributed by atoms with E-state index >= 15 is 0 Å². The zero-order chi connectivity index (χ0) is 16.1. The highest BCUT2D eigenvalue weighted by molar-refractivity contribution is 5.94. The van der Waals surface area contributed by atoms with Crippen molar-refractivity contribution in [3.8, 4) is 0 Å². The number of aryl methyl sites for hydroxylation is 1. The quantitative estimate of drug-likeness (QED) is 0.874. The second kappa shape index (κ2) is 7.88. The minimum Gasteiger partial charge on any atom is -0.379 e. The van der Waals surface area contributed by atoms with Crippen molar-refractivity contribution in [2.45, 2.75) is 51.2 Å². The lowest BCUT2D eigenvalue weighted by molar-refractivity contribution is -0.0696. The first kappa shape index (κ1) is 16.4. The van der Waals surface area contributed by atoms with Gasteiger partial charge in [0.2, 0.25) is 0 Å². The van der Waals surface area contributed by atoms with Crippen LogP contribution in [0.15, 0.2) is 18.3 Å². The van der Waals surface area contributed by atoms with E-state index in [0.717, 1.165) is 25.1 Å². The zero-order valence-electron chi connectivity index (χ0n) is 13.8. The number of nitrogens with zero attached hydrogens (tertiary/aromatic N) is 1. The summed E-state index contributed by atoms with van der Waals surface area (Å²) in [5.74, 6) is 0.636. The van der Waals surface area contributed by atoms with E-state index in [9.17, 15) is 4.79 Å². The van der Waals surface area contributed by atoms with Gasteiger partial charge in [0.15, 0.2) is 0 Å². The Morgan fingerprint density at radius 1 is 1.43 bits per heavy atom. The number of ether oxygens (including phenoxy) is 2. The highest BCUT2D eigenvalue weighted by Gasteiger charge is 2.30. The predicted octanol–water partition coefficient (Wildman–Crippen LogP) is 2.35. The summed E-state index contributed by atoms with van der Waals surface area (Å²) in [7, 11) is 0. The van der Waals surface area contributed by atoms with Gasteiger partial charge in [-0.15, -0.1) is 0 Å². The van der Waals surface area contributed by atoms with Gasteiger partial charge in [-0.1, -0.05) is 13.3 Å². The van der Waals surface area contributed by atoms with Crippen LogP contribution in [0.3, 0.4) is 0 Å². The molecule has 0 unspecified atom stereocenters. The number of hydrogen-bond acceptors (Lipinski definition) is 4. The number of aromatic nitrogens is 1. The average molecular weight is 318 g/mol. The smallest absolute Gasteiger partial charge is 0.251 e. The molecule has 1 aliphatic heterocycles. The summed E-state index contributed by atoms with van der Waals surface area (Å²) in [5, 5.41) is 3.08. The molecule has 1 N–H and O–H groups in total. The molecule has 1 aliphatic carbocycles. The van der Waals surface area contributed by atoms with Crippen LogP contribution >= 0.6 is 0 Å². The second-order valence-corrected chi connectivity index (χ2v) is 6.50. The summed E-state index contributed by atoms with van der Waals surface area (Å²) in [6.07, 6.45) is 7.28. The van der Waals surface area contributed by atoms with Crippen molar-refractivity contribution >= 4 is 5.91 Å². The van der Waals surface area contributed by atoms with Crippen LogP contribution in [0, 0.1) is 5.92 Å². The van der Waals surface area contributed by atoms with Gasteiger partial charge < -0.3 is 14.8 Å². The summed E-state index contributed by atoms with van der Waals surface area (Å²) in [6.45, 7) is 4.07. The Balaban J connectivity index is 1.57. The van der Waals surface area contributed by atoms with Crippen LogP contribution in [0.4, 0.5) is 0 Å². The maximum Gasteiger partial charge on any atom is 0.251 e. The first-order valence-corrected chi connectivity index (χ1v) is 8.71. The number of pyridine rings is 1. The Kier molecular flexibility index (Phi) is 5.62. The highest BCUT2D eigenvalue weighted by Crippen LogP contribution is 2.27. The molecule has 1 amide bonds. The molecule has 126 valence electrons. The molecule has 2 heterocycles. The second-order valence-electron chi connectivity index (χ2n) is 6.50. The Labute approximate surface area is 137 Å². The van der Waals surface area contributed by atoms with Gasteiger partial charge in [0.25, 0.3) is 5.91 Å². The van der Waals surface area contributed by atoms with Crippen molar-refractivity contribution in [3.05, 3.63) is 29.6 Å². The fraction of sp³-hybridized carbons (Fsp3) is 0.667. The van der Waals surface area contributed by atoms with Crippen LogP contribution in [0.5, 0.6) is 0 Å². The third-order valence-electron chi connectivity index (χ3n) is 4.82. The van der Waals surface area contributed by atoms with Crippen molar-refractivity contribution in [3.63, 3.8) is 0 Å². The maximum atomic E-state index is 12.5. The molecule has 1 aromatic rings. The van der Waals surface area contributed by atoms with Crippen LogP contribution in [0.2, 0.25) is 0 Å². The molecule has 23 heavy (non-hydrogen) atoms. The summed E-state index contributed by atoms with van der Waals surface area (Å²) in [5.41, 5.74) is 1.58. The fourth-order valence-electron chi connectivity index (χ4n) is 3.04. The van der Waals surface area contributed by atoms with Crippen LogP contribution in [-0.4, -0.2) is 42.9 Å². The van der Waals surface area contributed by atoms with Crippen LogP contribution < -0.4 is 5.32 Å². The lowest BCUT2D eigenvalue weighted by Crippen LogP contribution is -2.51. The summed E-state index contributed by atoms with van der Waals surface area (Å²) >= 11 is 0. The minimum atomic E-state index is -0.0745. The molecular formula is C18H26N2O3. The fourth-order valence-corrected chi connectivity index (χ4v) is 3.04. The van der Waals surface area contributed by atoms with Crippen molar-refractivity contribution in [2.24, 2.45) is 5.92 Å². The normalized spacial score (nSPS) is 24.9. The first-order valence-electron chi connectivity index (χ1n) is 8.71. The van der Waals surface area contributed by atoms with Crippen LogP contribution in [0.25, 0.3) is 0 Å². The van der Waals surface area contributed by atoms with Gasteiger partial charge in [0.05, 0.1) is 18.8 Å². The van der Waals surface area contributed by atoms with Gasteiger partial charge >= 0.3 is 0 Å². The van der Waals surface area contributed by atoms with E-state index in [1.54, 1.807) is 12.3 Å². The molecule has 2 atom stereocenters. The summed E-state index contributed by atoms with van der Waals surface area (Å²) in [4.78, 5) is 16.7. The van der Waals surface area contributed by atoms with Crippen molar-refractivity contribution in [1.29, 1.82) is 0 Å². The summed E-state index contributed by atoms with van der Waals surface area (Å²) < 4.78 is 11.6. The van der Waals surface area contributed by atoms with Crippen LogP contribution in [0.1, 0.15) is 48.7 Å². The number of carbonyl (C=O) groups excluding carboxylic acids is 1. The lowest BCUT2D eigenvalue weighted by Gasteiger charge is -2.34. The first-order chi connectivity index (χ1) is 11.3. The van der Waals surface area contributed by atoms with E-state index < -0.39 is 0 Å². The molecule has 1 saturated heterocycles. The van der Waals surface area contributed by atoms with E-state index in [0.29, 0.717) is 24.7 Å². The number of amides is 1. The molecule has 0 aromatic carbocycles. The topological polar surface area (TPSA) is 60.5 Å². The highest BCUT2D eigenvalue weighted by atomic mass is 16.5. The average Bonchev–Trinajstić information content (AvgIpc) is 2.55. The molecular weight excluding hydrogens is 292 g/mol. The molecule has 3 rings (SSSR count). The van der Waals surface area contributed by atoms with Crippen LogP contribution in [-0.2, 0) is 15.9 Å². The number of rotatable bonds is 6. The van der Waals surface area contributed by atoms with E-state index in [2.05, 4.69) is 10.3 Å². The summed E-state index contributed by atoms with van der Waals surface area (Å²) in [6, 6.07) is 3.53. The van der Waals surface area contributed by atoms with E-state index in [1.807, 2.05) is 13.0 Å². The lowest BCUT2D eigenvalue weighted by atomic mass is 9.86. The Morgan fingerprint density at radius 3 is 3.04 bits per heavy atom. The molecule has 1 aromatic heterocycles. The van der Waals surface area contributed by atoms with Gasteiger partial charge in [0.1, 0.15) is 0 Å². The minimum absolute atomic E-state index is 0.0563. The molecule has 5 heteroatoms. The van der Waals surface area contributed by atoms with E-state index in [1.165, 1.54) is 19.3 Å². The van der Waals surface area contributed by atoms with Gasteiger partial charge in [-0.2, -0.15) is 0 Å². The molecule has 0 spiro atoms. The van der Waals surface area contributed by atoms with E-state index in [-0.39, 0.29) is 18.1 Å². The molecule has 1 saturated carbocycles. The van der Waals surface area contributed by atoms with Gasteiger partial charge in [-0.25, -0.2) is 0 Å². The van der Waals surface area contributed by atoms with Gasteiger partial charge in [-0.05, 0) is 43.7 Å². The van der Waals surface area contributed by atoms with Crippen molar-refractivity contribution in [1.82, 2.24) is 10.3 Å². The molecule has 5 nitrogen and oxygen atoms in total. The number of carbonyl (C=O) groups is 1. The Bertz CT molecular complexity index is 531. The molecule has 2 aliphatic rings. The standard InChI is InChI=1S/C18H26N2O3/c1-2-15-10-14(6-8-19-15)18(21)20-16-12-22-9-7-17(16)23-11-13-4-3-5-13/h6,8,10,13,16-17H,2-5,7,9,11-12H2,1H3,(H,20,21)/t16-,17+/m1/s1. The molecule has 2 fully saturated rings. The zero-order valence-corrected chi connectivity index (χ0v) is 13.8. The van der Waals surface area contributed by atoms with Crippen molar-refractivity contribution < 1.29 is 14.3 Å². The van der Waals surface area contributed by atoms with E-state index in [4.69, 9.17) is 9.47 Å². The monoisotopic (exact) mass is 318 g/mol. The Morgan fingerprint density at radius 2 is 2.30 bits per heavy atom. The number of hydrogen-bond donors (Lipinski definition) is 1. The largest absolute Gasteiger partial charge is 0.379 e. The molecule has 0 radical (unpaired) electrons. The Hall–Kier alpha value is -1.46. The van der Waals surface area contributed by atoms with Gasteiger partial charge in [-0.3, -0.25) is 9.78 Å². The SMILES string of the molecule is CCc1cc(C(=O)N[C@@H]2COCC[C@@H]2OCC2CCC2)ccn1. The van der Waals surface area contributed by atoms with Gasteiger partial charge in [0, 0.05) is 30.7 Å². The third-order valence-corrected chi connectivity index (χ3v) is 4.82. The molecule has 0 bridgehead atoms. The third kappa shape index (κ3) is 4.30. The maximum absolute atomic E-state index is 12.5. The van der Waals surface area contributed by atoms with Crippen molar-refractivity contribution in [2.75, 3.05) is 19.8 Å². The predicted molar refractivity (Wildman–Crippen MR) is 87.4 cm³/mol. The number of nitrogens with one attached hydrogen (secondary N) is 1.